The molecule has 0 fully saturated rings. The Labute approximate surface area is 193 Å². The number of nitro groups is 1. The second-order valence-corrected chi connectivity index (χ2v) is 8.69. The molecule has 0 saturated carbocycles. The van der Waals surface area contributed by atoms with Crippen molar-refractivity contribution in [1.29, 1.82) is 0 Å². The molecule has 0 spiro atoms. The van der Waals surface area contributed by atoms with Crippen molar-refractivity contribution >= 4 is 61.3 Å². The molecule has 3 rings (SSSR count). The number of thiazole rings is 1. The van der Waals surface area contributed by atoms with Gasteiger partial charge in [0.1, 0.15) is 21.7 Å². The first-order valence-electron chi connectivity index (χ1n) is 9.08. The van der Waals surface area contributed by atoms with Gasteiger partial charge in [-0.25, -0.2) is 4.98 Å². The van der Waals surface area contributed by atoms with Crippen molar-refractivity contribution in [3.05, 3.63) is 39.3 Å². The van der Waals surface area contributed by atoms with Crippen LogP contribution in [-0.4, -0.2) is 62.1 Å². The molecule has 3 aromatic rings. The molecule has 0 aliphatic carbocycles. The minimum Gasteiger partial charge on any atom is -0.495 e. The number of fused-ring (bicyclic) bond motifs is 1. The predicted molar refractivity (Wildman–Crippen MR) is 126 cm³/mol. The zero-order valence-corrected chi connectivity index (χ0v) is 19.9. The van der Waals surface area contributed by atoms with Crippen molar-refractivity contribution in [2.24, 2.45) is 0 Å². The molecule has 31 heavy (non-hydrogen) atoms. The average molecular weight is 487 g/mol. The van der Waals surface area contributed by atoms with Crippen LogP contribution in [0.15, 0.2) is 24.3 Å². The van der Waals surface area contributed by atoms with E-state index in [2.05, 4.69) is 4.98 Å². The number of carbonyl (C=O) groups is 1. The second kappa shape index (κ2) is 10.7. The molecule has 0 N–H and O–H groups in total. The third kappa shape index (κ3) is 5.42. The van der Waals surface area contributed by atoms with Gasteiger partial charge in [0, 0.05) is 12.6 Å². The molecule has 0 unspecified atom stereocenters. The van der Waals surface area contributed by atoms with Gasteiger partial charge in [0.05, 0.1) is 24.0 Å². The minimum absolute atomic E-state index is 0. The highest BCUT2D eigenvalue weighted by atomic mass is 35.5. The quantitative estimate of drug-likeness (QED) is 0.328. The highest BCUT2D eigenvalue weighted by Crippen LogP contribution is 2.40. The summed E-state index contributed by atoms with van der Waals surface area (Å²) in [7, 11) is 7.06. The van der Waals surface area contributed by atoms with Crippen LogP contribution in [0.2, 0.25) is 0 Å². The number of anilines is 1. The molecular weight excluding hydrogens is 464 g/mol. The minimum atomic E-state index is -0.495. The van der Waals surface area contributed by atoms with Crippen molar-refractivity contribution in [3.63, 3.8) is 0 Å². The summed E-state index contributed by atoms with van der Waals surface area (Å²) in [5, 5.41) is 11.5. The summed E-state index contributed by atoms with van der Waals surface area (Å²) in [6.07, 6.45) is 0.719. The van der Waals surface area contributed by atoms with Gasteiger partial charge in [0.2, 0.25) is 0 Å². The van der Waals surface area contributed by atoms with Crippen LogP contribution in [0.3, 0.4) is 0 Å². The summed E-state index contributed by atoms with van der Waals surface area (Å²) in [5.41, 5.74) is 0.611. The van der Waals surface area contributed by atoms with Gasteiger partial charge < -0.3 is 14.4 Å². The van der Waals surface area contributed by atoms with Crippen LogP contribution in [-0.2, 0) is 0 Å². The normalized spacial score (nSPS) is 10.7. The van der Waals surface area contributed by atoms with Gasteiger partial charge in [-0.3, -0.25) is 19.8 Å². The molecule has 0 radical (unpaired) electrons. The fourth-order valence-electron chi connectivity index (χ4n) is 2.89. The first kappa shape index (κ1) is 24.8. The Balaban J connectivity index is 0.00000341. The van der Waals surface area contributed by atoms with Gasteiger partial charge in [-0.15, -0.1) is 12.4 Å². The summed E-state index contributed by atoms with van der Waals surface area (Å²) in [4.78, 5) is 32.3. The summed E-state index contributed by atoms with van der Waals surface area (Å²) in [6.45, 7) is 1.21. The van der Waals surface area contributed by atoms with Crippen LogP contribution < -0.4 is 14.4 Å². The third-order valence-corrected chi connectivity index (χ3v) is 6.46. The van der Waals surface area contributed by atoms with Crippen LogP contribution in [0.1, 0.15) is 16.1 Å². The fourth-order valence-corrected chi connectivity index (χ4v) is 4.76. The lowest BCUT2D eigenvalue weighted by molar-refractivity contribution is -0.380. The van der Waals surface area contributed by atoms with E-state index in [4.69, 9.17) is 9.47 Å². The molecule has 0 bridgehead atoms. The molecule has 1 aromatic carbocycles. The molecule has 0 aliphatic heterocycles. The van der Waals surface area contributed by atoms with E-state index in [1.54, 1.807) is 31.3 Å². The van der Waals surface area contributed by atoms with Crippen molar-refractivity contribution in [3.8, 4) is 11.5 Å². The summed E-state index contributed by atoms with van der Waals surface area (Å²) < 4.78 is 11.6. The summed E-state index contributed by atoms with van der Waals surface area (Å²) in [6, 6.07) is 6.40. The first-order chi connectivity index (χ1) is 14.3. The van der Waals surface area contributed by atoms with E-state index >= 15 is 0 Å². The number of methoxy groups -OCH3 is 2. The van der Waals surface area contributed by atoms with Crippen LogP contribution >= 0.6 is 35.1 Å². The zero-order valence-electron chi connectivity index (χ0n) is 17.5. The van der Waals surface area contributed by atoms with Crippen LogP contribution in [0.4, 0.5) is 10.1 Å². The first-order valence-corrected chi connectivity index (χ1v) is 10.7. The summed E-state index contributed by atoms with van der Waals surface area (Å²) in [5.74, 6) is 0.909. The molecule has 12 heteroatoms. The van der Waals surface area contributed by atoms with Gasteiger partial charge in [0.25, 0.3) is 5.91 Å². The zero-order chi connectivity index (χ0) is 21.8. The topological polar surface area (TPSA) is 98.0 Å². The Morgan fingerprint density at radius 1 is 1.10 bits per heavy atom. The second-order valence-electron chi connectivity index (χ2n) is 6.65. The lowest BCUT2D eigenvalue weighted by atomic mass is 10.3. The average Bonchev–Trinajstić information content (AvgIpc) is 3.37. The standard InChI is InChI=1S/C19H22N4O5S2.ClH/c1-21(2)10-5-11-22(18(24)14-8-9-15(29-14)23(25)26)19-20-16-12(27-3)6-7-13(28-4)17(16)30-19;/h6-9H,5,10-11H2,1-4H3;1H. The molecule has 1 amide bonds. The highest BCUT2D eigenvalue weighted by Gasteiger charge is 2.26. The Hall–Kier alpha value is -2.47. The lowest BCUT2D eigenvalue weighted by Crippen LogP contribution is -2.32. The number of rotatable bonds is 9. The maximum absolute atomic E-state index is 13.2. The molecule has 2 heterocycles. The maximum Gasteiger partial charge on any atom is 0.324 e. The number of nitrogens with zero attached hydrogens (tertiary/aromatic N) is 4. The molecule has 168 valence electrons. The third-order valence-electron chi connectivity index (χ3n) is 4.34. The molecular formula is C19H23ClN4O5S2. The number of ether oxygens (including phenoxy) is 2. The number of amides is 1. The van der Waals surface area contributed by atoms with E-state index in [9.17, 15) is 14.9 Å². The number of hydrogen-bond donors (Lipinski definition) is 0. The van der Waals surface area contributed by atoms with Crippen LogP contribution in [0.25, 0.3) is 10.2 Å². The Morgan fingerprint density at radius 2 is 1.77 bits per heavy atom. The van der Waals surface area contributed by atoms with Crippen molar-refractivity contribution in [1.82, 2.24) is 9.88 Å². The molecule has 0 atom stereocenters. The van der Waals surface area contributed by atoms with E-state index in [1.165, 1.54) is 23.5 Å². The lowest BCUT2D eigenvalue weighted by Gasteiger charge is -2.20. The van der Waals surface area contributed by atoms with Crippen molar-refractivity contribution in [2.75, 3.05) is 46.3 Å². The van der Waals surface area contributed by atoms with E-state index in [0.717, 1.165) is 29.0 Å². The van der Waals surface area contributed by atoms with Crippen molar-refractivity contribution < 1.29 is 19.2 Å². The molecule has 0 saturated heterocycles. The number of halogens is 1. The Morgan fingerprint density at radius 3 is 2.35 bits per heavy atom. The molecule has 2 aromatic heterocycles. The summed E-state index contributed by atoms with van der Waals surface area (Å²) >= 11 is 2.19. The number of hydrogen-bond acceptors (Lipinski definition) is 9. The number of thiophene rings is 1. The largest absolute Gasteiger partial charge is 0.495 e. The van der Waals surface area contributed by atoms with Gasteiger partial charge in [-0.2, -0.15) is 0 Å². The fraction of sp³-hybridized carbons (Fsp3) is 0.368. The monoisotopic (exact) mass is 486 g/mol. The smallest absolute Gasteiger partial charge is 0.324 e. The Kier molecular flexibility index (Phi) is 8.57. The van der Waals surface area contributed by atoms with Gasteiger partial charge in [-0.1, -0.05) is 22.7 Å². The van der Waals surface area contributed by atoms with E-state index in [-0.39, 0.29) is 23.3 Å². The molecule has 0 aliphatic rings. The van der Waals surface area contributed by atoms with E-state index in [1.807, 2.05) is 19.0 Å². The maximum atomic E-state index is 13.2. The Bertz CT molecular complexity index is 1030. The SMILES string of the molecule is COc1ccc(OC)c2sc(N(CCCN(C)C)C(=O)c3ccc([N+](=O)[O-])s3)nc12.Cl. The van der Waals surface area contributed by atoms with Gasteiger partial charge in [0.15, 0.2) is 5.13 Å². The van der Waals surface area contributed by atoms with Crippen molar-refractivity contribution in [2.45, 2.75) is 6.42 Å². The van der Waals surface area contributed by atoms with E-state index in [0.29, 0.717) is 33.6 Å². The molecule has 9 nitrogen and oxygen atoms in total. The van der Waals surface area contributed by atoms with Crippen LogP contribution in [0, 0.1) is 10.1 Å². The van der Waals surface area contributed by atoms with Crippen LogP contribution in [0.5, 0.6) is 11.5 Å². The van der Waals surface area contributed by atoms with Gasteiger partial charge in [-0.05, 0) is 45.3 Å². The van der Waals surface area contributed by atoms with E-state index < -0.39 is 4.92 Å². The number of carbonyl (C=O) groups excluding carboxylic acids is 1. The number of benzene rings is 1. The predicted octanol–water partition coefficient (Wildman–Crippen LogP) is 4.30. The van der Waals surface area contributed by atoms with Gasteiger partial charge >= 0.3 is 5.00 Å². The highest BCUT2D eigenvalue weighted by molar-refractivity contribution is 7.23. The number of aromatic nitrogens is 1.